The molecule has 2 heteroatoms. The zero-order valence-corrected chi connectivity index (χ0v) is 14.8. The van der Waals surface area contributed by atoms with E-state index in [4.69, 9.17) is 0 Å². The predicted octanol–water partition coefficient (Wildman–Crippen LogP) is 5.90. The summed E-state index contributed by atoms with van der Waals surface area (Å²) >= 11 is 1.78. The van der Waals surface area contributed by atoms with Gasteiger partial charge in [0.15, 0.2) is 0 Å². The summed E-state index contributed by atoms with van der Waals surface area (Å²) in [5.74, 6) is 0. The van der Waals surface area contributed by atoms with Crippen molar-refractivity contribution in [3.63, 3.8) is 0 Å². The summed E-state index contributed by atoms with van der Waals surface area (Å²) in [5.41, 5.74) is 4.91. The average molecular weight is 331 g/mol. The zero-order valence-electron chi connectivity index (χ0n) is 14.0. The van der Waals surface area contributed by atoms with E-state index in [0.29, 0.717) is 0 Å². The quantitative estimate of drug-likeness (QED) is 0.572. The van der Waals surface area contributed by atoms with Crippen LogP contribution in [-0.2, 0) is 0 Å². The normalized spacial score (nSPS) is 10.2. The minimum Gasteiger partial charge on any atom is -0.339 e. The fraction of sp³-hybridized carbons (Fsp3) is 0.0909. The second-order valence-electron chi connectivity index (χ2n) is 5.51. The molecule has 0 fully saturated rings. The van der Waals surface area contributed by atoms with Gasteiger partial charge in [-0.05, 0) is 29.5 Å². The topological polar surface area (TPSA) is 3.24 Å². The molecular formula is C22H21NS. The first-order chi connectivity index (χ1) is 11.8. The van der Waals surface area contributed by atoms with Gasteiger partial charge >= 0.3 is 0 Å². The van der Waals surface area contributed by atoms with Crippen molar-refractivity contribution in [3.8, 4) is 0 Å². The third-order valence-corrected chi connectivity index (χ3v) is 4.84. The van der Waals surface area contributed by atoms with Gasteiger partial charge in [-0.1, -0.05) is 78.9 Å². The van der Waals surface area contributed by atoms with Crippen LogP contribution >= 0.6 is 11.8 Å². The van der Waals surface area contributed by atoms with Gasteiger partial charge in [-0.25, -0.2) is 0 Å². The van der Waals surface area contributed by atoms with Crippen molar-refractivity contribution in [1.29, 1.82) is 0 Å². The number of benzene rings is 3. The minimum absolute atomic E-state index is 1.19. The lowest BCUT2D eigenvalue weighted by Crippen LogP contribution is -2.16. The predicted molar refractivity (Wildman–Crippen MR) is 107 cm³/mol. The molecule has 0 bridgehead atoms. The number of hydrogen-bond acceptors (Lipinski definition) is 2. The van der Waals surface area contributed by atoms with E-state index < -0.39 is 0 Å². The Labute approximate surface area is 148 Å². The fourth-order valence-electron chi connectivity index (χ4n) is 2.80. The molecule has 0 saturated carbocycles. The molecule has 0 radical (unpaired) electrons. The van der Waals surface area contributed by atoms with E-state index in [9.17, 15) is 0 Å². The van der Waals surface area contributed by atoms with Crippen molar-refractivity contribution in [1.82, 2.24) is 0 Å². The molecule has 0 N–H and O–H groups in total. The van der Waals surface area contributed by atoms with Crippen LogP contribution < -0.4 is 4.90 Å². The number of rotatable bonds is 5. The van der Waals surface area contributed by atoms with Crippen LogP contribution in [0.25, 0.3) is 5.57 Å². The largest absolute Gasteiger partial charge is 0.339 e. The molecule has 0 spiro atoms. The molecule has 1 nitrogen and oxygen atoms in total. The SMILES string of the molecule is CSC(=C(c1ccccc1)c1ccccc1)N(C)c1ccccc1. The number of anilines is 1. The highest BCUT2D eigenvalue weighted by atomic mass is 32.2. The molecule has 24 heavy (non-hydrogen) atoms. The second-order valence-corrected chi connectivity index (χ2v) is 6.31. The first-order valence-corrected chi connectivity index (χ1v) is 9.21. The number of thioether (sulfide) groups is 1. The van der Waals surface area contributed by atoms with Crippen LogP contribution in [0.2, 0.25) is 0 Å². The van der Waals surface area contributed by atoms with Crippen molar-refractivity contribution in [2.75, 3.05) is 18.2 Å². The van der Waals surface area contributed by atoms with Crippen molar-refractivity contribution < 1.29 is 0 Å². The first kappa shape index (κ1) is 16.4. The number of hydrogen-bond donors (Lipinski definition) is 0. The molecule has 0 saturated heterocycles. The molecule has 0 unspecified atom stereocenters. The molecule has 0 heterocycles. The maximum atomic E-state index is 2.26. The Morgan fingerprint density at radius 3 is 1.50 bits per heavy atom. The standard InChI is InChI=1S/C22H21NS/c1-23(20-16-10-5-11-17-20)22(24-2)21(18-12-6-3-7-13-18)19-14-8-4-9-15-19/h3-17H,1-2H3. The van der Waals surface area contributed by atoms with E-state index in [0.717, 1.165) is 0 Å². The van der Waals surface area contributed by atoms with Gasteiger partial charge in [-0.3, -0.25) is 0 Å². The Kier molecular flexibility index (Phi) is 5.39. The molecule has 3 rings (SSSR count). The van der Waals surface area contributed by atoms with Gasteiger partial charge in [-0.15, -0.1) is 11.8 Å². The van der Waals surface area contributed by atoms with E-state index in [1.807, 2.05) is 0 Å². The van der Waals surface area contributed by atoms with Crippen LogP contribution in [0, 0.1) is 0 Å². The summed E-state index contributed by atoms with van der Waals surface area (Å²) in [6.07, 6.45) is 2.14. The molecule has 0 aliphatic carbocycles. The molecule has 0 aliphatic rings. The van der Waals surface area contributed by atoms with Crippen molar-refractivity contribution in [3.05, 3.63) is 107 Å². The Hall–Kier alpha value is -2.45. The van der Waals surface area contributed by atoms with Gasteiger partial charge in [0.1, 0.15) is 0 Å². The van der Waals surface area contributed by atoms with E-state index in [-0.39, 0.29) is 0 Å². The first-order valence-electron chi connectivity index (χ1n) is 7.99. The molecule has 0 aliphatic heterocycles. The minimum atomic E-state index is 1.19. The number of para-hydroxylation sites is 1. The van der Waals surface area contributed by atoms with Crippen molar-refractivity contribution >= 4 is 23.0 Å². The maximum absolute atomic E-state index is 2.26. The fourth-order valence-corrected chi connectivity index (χ4v) is 3.62. The van der Waals surface area contributed by atoms with Crippen LogP contribution in [-0.4, -0.2) is 13.3 Å². The summed E-state index contributed by atoms with van der Waals surface area (Å²) in [7, 11) is 2.13. The highest BCUT2D eigenvalue weighted by Crippen LogP contribution is 2.35. The third-order valence-electron chi connectivity index (χ3n) is 3.98. The Bertz CT molecular complexity index is 754. The van der Waals surface area contributed by atoms with Gasteiger partial charge in [-0.2, -0.15) is 0 Å². The van der Waals surface area contributed by atoms with Gasteiger partial charge in [0.25, 0.3) is 0 Å². The zero-order chi connectivity index (χ0) is 16.8. The molecule has 0 atom stereocenters. The van der Waals surface area contributed by atoms with E-state index in [2.05, 4.69) is 109 Å². The summed E-state index contributed by atoms with van der Waals surface area (Å²) in [5, 5.41) is 1.23. The third kappa shape index (κ3) is 3.55. The Balaban J connectivity index is 2.19. The smallest absolute Gasteiger partial charge is 0.0832 e. The summed E-state index contributed by atoms with van der Waals surface area (Å²) < 4.78 is 0. The van der Waals surface area contributed by atoms with Crippen LogP contribution in [0.15, 0.2) is 96.0 Å². The van der Waals surface area contributed by atoms with Gasteiger partial charge in [0, 0.05) is 18.3 Å². The molecule has 0 aromatic heterocycles. The second kappa shape index (κ2) is 7.89. The maximum Gasteiger partial charge on any atom is 0.0832 e. The van der Waals surface area contributed by atoms with Crippen LogP contribution in [0.4, 0.5) is 5.69 Å². The lowest BCUT2D eigenvalue weighted by Gasteiger charge is -2.25. The lowest BCUT2D eigenvalue weighted by molar-refractivity contribution is 1.18. The van der Waals surface area contributed by atoms with Gasteiger partial charge < -0.3 is 4.90 Å². The summed E-state index contributed by atoms with van der Waals surface area (Å²) in [4.78, 5) is 2.26. The van der Waals surface area contributed by atoms with Crippen molar-refractivity contribution in [2.24, 2.45) is 0 Å². The van der Waals surface area contributed by atoms with E-state index in [1.54, 1.807) is 11.8 Å². The summed E-state index contributed by atoms with van der Waals surface area (Å²) in [6.45, 7) is 0. The number of nitrogens with zero attached hydrogens (tertiary/aromatic N) is 1. The molecule has 3 aromatic rings. The van der Waals surface area contributed by atoms with E-state index >= 15 is 0 Å². The molecule has 3 aromatic carbocycles. The highest BCUT2D eigenvalue weighted by Gasteiger charge is 2.15. The molecule has 0 amide bonds. The van der Waals surface area contributed by atoms with Crippen LogP contribution in [0.5, 0.6) is 0 Å². The van der Waals surface area contributed by atoms with Gasteiger partial charge in [0.2, 0.25) is 0 Å². The molecular weight excluding hydrogens is 310 g/mol. The Morgan fingerprint density at radius 1 is 0.667 bits per heavy atom. The van der Waals surface area contributed by atoms with Gasteiger partial charge in [0.05, 0.1) is 5.03 Å². The molecule has 120 valence electrons. The monoisotopic (exact) mass is 331 g/mol. The average Bonchev–Trinajstić information content (AvgIpc) is 2.67. The Morgan fingerprint density at radius 2 is 1.08 bits per heavy atom. The van der Waals surface area contributed by atoms with Crippen LogP contribution in [0.3, 0.4) is 0 Å². The van der Waals surface area contributed by atoms with Crippen LogP contribution in [0.1, 0.15) is 11.1 Å². The lowest BCUT2D eigenvalue weighted by atomic mass is 9.98. The highest BCUT2D eigenvalue weighted by molar-refractivity contribution is 8.02. The van der Waals surface area contributed by atoms with Crippen molar-refractivity contribution in [2.45, 2.75) is 0 Å². The van der Waals surface area contributed by atoms with E-state index in [1.165, 1.54) is 27.4 Å². The summed E-state index contributed by atoms with van der Waals surface area (Å²) in [6, 6.07) is 31.7.